The van der Waals surface area contributed by atoms with Crippen LogP contribution in [0.2, 0.25) is 0 Å². The van der Waals surface area contributed by atoms with E-state index in [1.54, 1.807) is 0 Å². The van der Waals surface area contributed by atoms with E-state index in [-0.39, 0.29) is 7.92 Å². The van der Waals surface area contributed by atoms with E-state index in [1.165, 1.54) is 48.3 Å². The Labute approximate surface area is 171 Å². The third-order valence-electron chi connectivity index (χ3n) is 6.40. The van der Waals surface area contributed by atoms with E-state index in [0.29, 0.717) is 5.66 Å². The van der Waals surface area contributed by atoms with Gasteiger partial charge in [0.1, 0.15) is 0 Å². The lowest BCUT2D eigenvalue weighted by atomic mass is 9.75. The maximum absolute atomic E-state index is 2.54. The highest BCUT2D eigenvalue weighted by molar-refractivity contribution is 7.73. The smallest absolute Gasteiger partial charge is 0.0126 e. The minimum absolute atomic E-state index is 0.336. The summed E-state index contributed by atoms with van der Waals surface area (Å²) in [7, 11) is -0.336. The summed E-state index contributed by atoms with van der Waals surface area (Å²) in [6.45, 7) is 2.54. The topological polar surface area (TPSA) is 0 Å². The van der Waals surface area contributed by atoms with E-state index < -0.39 is 0 Å². The van der Waals surface area contributed by atoms with Crippen LogP contribution in [0.1, 0.15) is 38.2 Å². The second-order valence-corrected chi connectivity index (χ2v) is 10.8. The van der Waals surface area contributed by atoms with Crippen molar-refractivity contribution in [3.63, 3.8) is 0 Å². The number of rotatable bonds is 6. The molecule has 0 bridgehead atoms. The maximum atomic E-state index is 2.54. The molecule has 0 amide bonds. The minimum Gasteiger partial charge on any atom is -0.0622 e. The lowest BCUT2D eigenvalue weighted by Crippen LogP contribution is -2.33. The molecular weight excluding hydrogens is 355 g/mol. The van der Waals surface area contributed by atoms with Gasteiger partial charge in [0.15, 0.2) is 0 Å². The Bertz CT molecular complexity index is 788. The van der Waals surface area contributed by atoms with Gasteiger partial charge in [-0.25, -0.2) is 0 Å². The SMILES string of the molecule is CC([C@H]1CCCC[C@@H]1Cc1ccccc1)P(c1ccccc1)c1ccccc1. The zero-order chi connectivity index (χ0) is 19.2. The number of hydrogen-bond donors (Lipinski definition) is 0. The van der Waals surface area contributed by atoms with E-state index in [1.807, 2.05) is 0 Å². The predicted octanol–water partition coefficient (Wildman–Crippen LogP) is 6.56. The van der Waals surface area contributed by atoms with Crippen LogP contribution in [0.25, 0.3) is 0 Å². The van der Waals surface area contributed by atoms with Crippen LogP contribution in [0.5, 0.6) is 0 Å². The van der Waals surface area contributed by atoms with E-state index >= 15 is 0 Å². The van der Waals surface area contributed by atoms with Gasteiger partial charge >= 0.3 is 0 Å². The van der Waals surface area contributed by atoms with Crippen molar-refractivity contribution in [2.24, 2.45) is 11.8 Å². The van der Waals surface area contributed by atoms with Crippen LogP contribution in [-0.2, 0) is 6.42 Å². The summed E-state index contributed by atoms with van der Waals surface area (Å²) < 4.78 is 0. The van der Waals surface area contributed by atoms with Crippen LogP contribution in [0, 0.1) is 11.8 Å². The van der Waals surface area contributed by atoms with Gasteiger partial charge in [-0.3, -0.25) is 0 Å². The Kier molecular flexibility index (Phi) is 6.61. The fourth-order valence-corrected chi connectivity index (χ4v) is 8.03. The first-order chi connectivity index (χ1) is 13.8. The molecule has 0 saturated heterocycles. The maximum Gasteiger partial charge on any atom is -0.0126 e. The summed E-state index contributed by atoms with van der Waals surface area (Å²) in [6, 6.07) is 33.7. The molecule has 0 heterocycles. The average Bonchev–Trinajstić information content (AvgIpc) is 2.76. The molecule has 0 aromatic heterocycles. The van der Waals surface area contributed by atoms with Gasteiger partial charge in [0.25, 0.3) is 0 Å². The first-order valence-electron chi connectivity index (χ1n) is 10.8. The van der Waals surface area contributed by atoms with E-state index in [2.05, 4.69) is 97.9 Å². The molecule has 0 radical (unpaired) electrons. The molecule has 3 aromatic carbocycles. The summed E-state index contributed by atoms with van der Waals surface area (Å²) in [5, 5.41) is 3.06. The summed E-state index contributed by atoms with van der Waals surface area (Å²) >= 11 is 0. The highest BCUT2D eigenvalue weighted by Gasteiger charge is 2.34. The molecule has 0 nitrogen and oxygen atoms in total. The lowest BCUT2D eigenvalue weighted by molar-refractivity contribution is 0.233. The van der Waals surface area contributed by atoms with Crippen molar-refractivity contribution in [2.45, 2.75) is 44.7 Å². The Morgan fingerprint density at radius 2 is 1.21 bits per heavy atom. The van der Waals surface area contributed by atoms with Gasteiger partial charge in [0, 0.05) is 0 Å². The zero-order valence-corrected chi connectivity index (χ0v) is 17.8. The molecule has 1 aliphatic rings. The standard InChI is InChI=1S/C27H31P/c1-22(27-20-12-11-15-24(27)21-23-13-5-2-6-14-23)28(25-16-7-3-8-17-25)26-18-9-4-10-19-26/h2-10,13-14,16-19,22,24,27H,11-12,15,20-21H2,1H3/t22?,24-,27-/m1/s1. The summed E-state index contributed by atoms with van der Waals surface area (Å²) in [4.78, 5) is 0. The molecule has 1 aliphatic carbocycles. The van der Waals surface area contributed by atoms with Crippen LogP contribution >= 0.6 is 7.92 Å². The molecule has 3 atom stereocenters. The molecule has 1 saturated carbocycles. The van der Waals surface area contributed by atoms with E-state index in [4.69, 9.17) is 0 Å². The molecule has 0 spiro atoms. The van der Waals surface area contributed by atoms with Crippen molar-refractivity contribution in [3.8, 4) is 0 Å². The van der Waals surface area contributed by atoms with Gasteiger partial charge < -0.3 is 0 Å². The van der Waals surface area contributed by atoms with Crippen molar-refractivity contribution < 1.29 is 0 Å². The quantitative estimate of drug-likeness (QED) is 0.421. The molecule has 1 unspecified atom stereocenters. The molecular formula is C27H31P. The Morgan fingerprint density at radius 1 is 0.714 bits per heavy atom. The molecule has 144 valence electrons. The average molecular weight is 387 g/mol. The van der Waals surface area contributed by atoms with E-state index in [0.717, 1.165) is 11.8 Å². The first-order valence-corrected chi connectivity index (χ1v) is 12.2. The summed E-state index contributed by atoms with van der Waals surface area (Å²) in [5.74, 6) is 1.61. The van der Waals surface area contributed by atoms with Gasteiger partial charge in [-0.05, 0) is 60.9 Å². The van der Waals surface area contributed by atoms with Crippen LogP contribution in [0.3, 0.4) is 0 Å². The van der Waals surface area contributed by atoms with Gasteiger partial charge in [0.2, 0.25) is 0 Å². The van der Waals surface area contributed by atoms with Crippen molar-refractivity contribution in [1.29, 1.82) is 0 Å². The van der Waals surface area contributed by atoms with Crippen molar-refractivity contribution in [3.05, 3.63) is 96.6 Å². The van der Waals surface area contributed by atoms with Crippen molar-refractivity contribution in [2.75, 3.05) is 0 Å². The molecule has 0 aliphatic heterocycles. The van der Waals surface area contributed by atoms with Crippen molar-refractivity contribution in [1.82, 2.24) is 0 Å². The van der Waals surface area contributed by atoms with Crippen LogP contribution < -0.4 is 10.6 Å². The molecule has 0 N–H and O–H groups in total. The largest absolute Gasteiger partial charge is 0.0622 e. The second kappa shape index (κ2) is 9.53. The predicted molar refractivity (Wildman–Crippen MR) is 124 cm³/mol. The molecule has 28 heavy (non-hydrogen) atoms. The fraction of sp³-hybridized carbons (Fsp3) is 0.333. The normalized spacial score (nSPS) is 20.8. The highest BCUT2D eigenvalue weighted by Crippen LogP contribution is 2.49. The minimum atomic E-state index is -0.336. The Morgan fingerprint density at radius 3 is 1.79 bits per heavy atom. The van der Waals surface area contributed by atoms with Gasteiger partial charge in [0.05, 0.1) is 0 Å². The van der Waals surface area contributed by atoms with Crippen LogP contribution in [0.4, 0.5) is 0 Å². The number of hydrogen-bond acceptors (Lipinski definition) is 0. The summed E-state index contributed by atoms with van der Waals surface area (Å²) in [6.07, 6.45) is 6.80. The third-order valence-corrected chi connectivity index (χ3v) is 9.31. The third kappa shape index (κ3) is 4.56. The Hall–Kier alpha value is -1.91. The second-order valence-electron chi connectivity index (χ2n) is 8.18. The molecule has 1 heteroatoms. The van der Waals surface area contributed by atoms with Crippen molar-refractivity contribution >= 4 is 18.5 Å². The molecule has 4 rings (SSSR count). The van der Waals surface area contributed by atoms with Crippen LogP contribution in [-0.4, -0.2) is 5.66 Å². The van der Waals surface area contributed by atoms with Crippen LogP contribution in [0.15, 0.2) is 91.0 Å². The molecule has 3 aromatic rings. The zero-order valence-electron chi connectivity index (χ0n) is 16.9. The summed E-state index contributed by atoms with van der Waals surface area (Å²) in [5.41, 5.74) is 2.21. The number of benzene rings is 3. The monoisotopic (exact) mass is 386 g/mol. The highest BCUT2D eigenvalue weighted by atomic mass is 31.1. The van der Waals surface area contributed by atoms with Gasteiger partial charge in [-0.2, -0.15) is 0 Å². The Balaban J connectivity index is 1.63. The lowest BCUT2D eigenvalue weighted by Gasteiger charge is -2.40. The van der Waals surface area contributed by atoms with E-state index in [9.17, 15) is 0 Å². The van der Waals surface area contributed by atoms with Gasteiger partial charge in [-0.1, -0.05) is 111 Å². The fourth-order valence-electron chi connectivity index (χ4n) is 5.03. The van der Waals surface area contributed by atoms with Gasteiger partial charge in [-0.15, -0.1) is 0 Å². The first kappa shape index (κ1) is 19.4. The molecule has 1 fully saturated rings.